The summed E-state index contributed by atoms with van der Waals surface area (Å²) in [6.07, 6.45) is -1.82. The topological polar surface area (TPSA) is 144 Å². The summed E-state index contributed by atoms with van der Waals surface area (Å²) >= 11 is 0. The maximum atomic E-state index is 10.8. The second-order valence-electron chi connectivity index (χ2n) is 3.49. The molecular formula is C10H8N2O7. The smallest absolute Gasteiger partial charge is 0.333 e. The molecule has 0 radical (unpaired) electrons. The van der Waals surface area contributed by atoms with Gasteiger partial charge in [-0.15, -0.1) is 0 Å². The largest absolute Gasteiger partial charge is 0.478 e. The van der Waals surface area contributed by atoms with Gasteiger partial charge in [0.25, 0.3) is 11.4 Å². The molecular weight excluding hydrogens is 260 g/mol. The van der Waals surface area contributed by atoms with Crippen molar-refractivity contribution in [3.63, 3.8) is 0 Å². The highest BCUT2D eigenvalue weighted by molar-refractivity contribution is 5.87. The Kier molecular flexibility index (Phi) is 3.92. The Balaban J connectivity index is 3.35. The zero-order valence-corrected chi connectivity index (χ0v) is 9.35. The van der Waals surface area contributed by atoms with Crippen LogP contribution in [0.5, 0.6) is 0 Å². The third-order valence-electron chi connectivity index (χ3n) is 2.32. The number of nitro benzene ring substituents is 2. The van der Waals surface area contributed by atoms with Crippen LogP contribution < -0.4 is 0 Å². The van der Waals surface area contributed by atoms with Gasteiger partial charge in [0, 0.05) is 6.07 Å². The van der Waals surface area contributed by atoms with E-state index in [9.17, 15) is 30.1 Å². The highest BCUT2D eigenvalue weighted by Gasteiger charge is 2.27. The van der Waals surface area contributed by atoms with Crippen LogP contribution in [0.2, 0.25) is 0 Å². The molecule has 1 rings (SSSR count). The molecule has 0 spiro atoms. The second kappa shape index (κ2) is 5.23. The van der Waals surface area contributed by atoms with E-state index in [2.05, 4.69) is 6.58 Å². The number of rotatable bonds is 5. The normalized spacial score (nSPS) is 11.6. The number of aliphatic hydroxyl groups is 1. The van der Waals surface area contributed by atoms with Crippen molar-refractivity contribution in [1.82, 2.24) is 0 Å². The summed E-state index contributed by atoms with van der Waals surface area (Å²) < 4.78 is 0. The molecule has 9 nitrogen and oxygen atoms in total. The first-order chi connectivity index (χ1) is 8.75. The molecule has 0 aliphatic heterocycles. The number of hydrogen-bond donors (Lipinski definition) is 2. The van der Waals surface area contributed by atoms with Gasteiger partial charge in [-0.05, 0) is 6.07 Å². The first-order valence-electron chi connectivity index (χ1n) is 4.78. The Morgan fingerprint density at radius 1 is 1.26 bits per heavy atom. The summed E-state index contributed by atoms with van der Waals surface area (Å²) in [5, 5.41) is 39.6. The van der Waals surface area contributed by atoms with Gasteiger partial charge in [0.05, 0.1) is 27.0 Å². The number of carboxylic acid groups (broad SMARTS) is 1. The fourth-order valence-corrected chi connectivity index (χ4v) is 1.34. The van der Waals surface area contributed by atoms with Gasteiger partial charge in [0.1, 0.15) is 6.10 Å². The van der Waals surface area contributed by atoms with Crippen LogP contribution in [0.4, 0.5) is 11.4 Å². The molecule has 0 heterocycles. The molecule has 100 valence electrons. The van der Waals surface area contributed by atoms with E-state index >= 15 is 0 Å². The monoisotopic (exact) mass is 268 g/mol. The van der Waals surface area contributed by atoms with E-state index in [0.29, 0.717) is 6.07 Å². The molecule has 0 saturated heterocycles. The number of nitrogens with zero attached hydrogens (tertiary/aromatic N) is 2. The van der Waals surface area contributed by atoms with Crippen molar-refractivity contribution in [3.05, 3.63) is 56.1 Å². The standard InChI is InChI=1S/C10H8N2O7/c1-5(10(14)15)9(13)7-3-2-6(11(16)17)4-8(7)12(18)19/h2-4,9,13H,1H2,(H,14,15). The van der Waals surface area contributed by atoms with Crippen LogP contribution in [0.25, 0.3) is 0 Å². The minimum Gasteiger partial charge on any atom is -0.478 e. The van der Waals surface area contributed by atoms with Gasteiger partial charge in [0.2, 0.25) is 0 Å². The van der Waals surface area contributed by atoms with Gasteiger partial charge in [-0.25, -0.2) is 4.79 Å². The third kappa shape index (κ3) is 2.90. The van der Waals surface area contributed by atoms with E-state index in [4.69, 9.17) is 5.11 Å². The Labute approximate surface area is 105 Å². The Morgan fingerprint density at radius 3 is 2.26 bits per heavy atom. The van der Waals surface area contributed by atoms with Crippen LogP contribution in [0, 0.1) is 20.2 Å². The SMILES string of the molecule is C=C(C(=O)O)C(O)c1ccc([N+](=O)[O-])cc1[N+](=O)[O-]. The lowest BCUT2D eigenvalue weighted by molar-refractivity contribution is -0.394. The fraction of sp³-hybridized carbons (Fsp3) is 0.100. The van der Waals surface area contributed by atoms with Crippen LogP contribution in [0.1, 0.15) is 11.7 Å². The van der Waals surface area contributed by atoms with E-state index in [0.717, 1.165) is 12.1 Å². The average molecular weight is 268 g/mol. The first kappa shape index (κ1) is 14.3. The molecule has 9 heteroatoms. The lowest BCUT2D eigenvalue weighted by Crippen LogP contribution is -2.11. The summed E-state index contributed by atoms with van der Waals surface area (Å²) in [7, 11) is 0. The molecule has 0 bridgehead atoms. The highest BCUT2D eigenvalue weighted by Crippen LogP contribution is 2.32. The van der Waals surface area contributed by atoms with Crippen LogP contribution in [0.3, 0.4) is 0 Å². The second-order valence-corrected chi connectivity index (χ2v) is 3.49. The van der Waals surface area contributed by atoms with Gasteiger partial charge >= 0.3 is 5.97 Å². The van der Waals surface area contributed by atoms with Crippen molar-refractivity contribution < 1.29 is 24.9 Å². The molecule has 0 aromatic heterocycles. The van der Waals surface area contributed by atoms with E-state index in [1.54, 1.807) is 0 Å². The Bertz CT molecular complexity index is 581. The number of hydrogen-bond acceptors (Lipinski definition) is 6. The van der Waals surface area contributed by atoms with Crippen LogP contribution >= 0.6 is 0 Å². The number of carboxylic acids is 1. The molecule has 1 atom stereocenters. The number of carbonyl (C=O) groups is 1. The molecule has 0 fully saturated rings. The molecule has 0 saturated carbocycles. The molecule has 19 heavy (non-hydrogen) atoms. The number of benzene rings is 1. The van der Waals surface area contributed by atoms with E-state index in [-0.39, 0.29) is 5.56 Å². The predicted octanol–water partition coefficient (Wildman–Crippen LogP) is 1.18. The van der Waals surface area contributed by atoms with Gasteiger partial charge in [-0.1, -0.05) is 6.58 Å². The summed E-state index contributed by atoms with van der Waals surface area (Å²) in [5.74, 6) is -1.53. The molecule has 0 amide bonds. The number of non-ortho nitro benzene ring substituents is 1. The predicted molar refractivity (Wildman–Crippen MR) is 61.5 cm³/mol. The molecule has 0 aliphatic carbocycles. The number of nitro groups is 2. The van der Waals surface area contributed by atoms with Crippen LogP contribution in [-0.2, 0) is 4.79 Å². The lowest BCUT2D eigenvalue weighted by atomic mass is 10.0. The number of aliphatic carboxylic acids is 1. The molecule has 0 aliphatic rings. The fourth-order valence-electron chi connectivity index (χ4n) is 1.34. The van der Waals surface area contributed by atoms with Gasteiger partial charge in [-0.2, -0.15) is 0 Å². The maximum Gasteiger partial charge on any atom is 0.333 e. The zero-order chi connectivity index (χ0) is 14.7. The summed E-state index contributed by atoms with van der Waals surface area (Å²) in [6, 6.07) is 2.50. The average Bonchev–Trinajstić information content (AvgIpc) is 2.35. The maximum absolute atomic E-state index is 10.8. The van der Waals surface area contributed by atoms with E-state index < -0.39 is 38.9 Å². The highest BCUT2D eigenvalue weighted by atomic mass is 16.6. The van der Waals surface area contributed by atoms with Crippen molar-refractivity contribution in [3.8, 4) is 0 Å². The van der Waals surface area contributed by atoms with Crippen molar-refractivity contribution in [1.29, 1.82) is 0 Å². The minimum atomic E-state index is -1.82. The molecule has 1 aromatic carbocycles. The van der Waals surface area contributed by atoms with Crippen molar-refractivity contribution >= 4 is 17.3 Å². The first-order valence-corrected chi connectivity index (χ1v) is 4.78. The van der Waals surface area contributed by atoms with Gasteiger partial charge < -0.3 is 10.2 Å². The van der Waals surface area contributed by atoms with Crippen molar-refractivity contribution in [2.24, 2.45) is 0 Å². The van der Waals surface area contributed by atoms with E-state index in [1.165, 1.54) is 0 Å². The summed E-state index contributed by atoms with van der Waals surface area (Å²) in [5.41, 5.74) is -2.33. The lowest BCUT2D eigenvalue weighted by Gasteiger charge is -2.10. The van der Waals surface area contributed by atoms with Gasteiger partial charge in [-0.3, -0.25) is 20.2 Å². The van der Waals surface area contributed by atoms with Crippen LogP contribution in [-0.4, -0.2) is 26.0 Å². The molecule has 1 aromatic rings. The van der Waals surface area contributed by atoms with E-state index in [1.807, 2.05) is 0 Å². The van der Waals surface area contributed by atoms with Crippen molar-refractivity contribution in [2.75, 3.05) is 0 Å². The quantitative estimate of drug-likeness (QED) is 0.463. The Morgan fingerprint density at radius 2 is 1.84 bits per heavy atom. The summed E-state index contributed by atoms with van der Waals surface area (Å²) in [4.78, 5) is 30.1. The molecule has 1 unspecified atom stereocenters. The molecule has 2 N–H and O–H groups in total. The zero-order valence-electron chi connectivity index (χ0n) is 9.35. The Hall–Kier alpha value is -2.81. The third-order valence-corrected chi connectivity index (χ3v) is 2.32. The van der Waals surface area contributed by atoms with Crippen molar-refractivity contribution in [2.45, 2.75) is 6.10 Å². The van der Waals surface area contributed by atoms with Crippen LogP contribution in [0.15, 0.2) is 30.4 Å². The van der Waals surface area contributed by atoms with Gasteiger partial charge in [0.15, 0.2) is 0 Å². The minimum absolute atomic E-state index is 0.372. The summed E-state index contributed by atoms with van der Waals surface area (Å²) in [6.45, 7) is 3.08. The number of aliphatic hydroxyl groups excluding tert-OH is 1.